The van der Waals surface area contributed by atoms with Gasteiger partial charge in [0.05, 0.1) is 6.61 Å². The first-order chi connectivity index (χ1) is 10.9. The monoisotopic (exact) mass is 420 g/mol. The summed E-state index contributed by atoms with van der Waals surface area (Å²) in [4.78, 5) is 1.83. The lowest BCUT2D eigenvalue weighted by Gasteiger charge is -2.26. The Kier molecular flexibility index (Phi) is 12.9. The van der Waals surface area contributed by atoms with Crippen LogP contribution in [-0.4, -0.2) is 42.3 Å². The summed E-state index contributed by atoms with van der Waals surface area (Å²) < 4.78 is 5.86. The average Bonchev–Trinajstić information content (AvgIpc) is 2.44. The Labute approximate surface area is 160 Å². The predicted molar refractivity (Wildman–Crippen MR) is 118 cm³/mol. The smallest absolute Gasteiger partial charge is 0.126 e. The summed E-state index contributed by atoms with van der Waals surface area (Å²) in [5.41, 5.74) is 2.73. The Balaban J connectivity index is 0. The van der Waals surface area contributed by atoms with Crippen molar-refractivity contribution in [3.8, 4) is 5.75 Å². The largest absolute Gasteiger partial charge is 0.485 e. The van der Waals surface area contributed by atoms with Crippen molar-refractivity contribution in [1.82, 2.24) is 0 Å². The molecule has 1 aromatic carbocycles. The third-order valence-corrected chi connectivity index (χ3v) is 2.76. The van der Waals surface area contributed by atoms with Gasteiger partial charge in [0.2, 0.25) is 0 Å². The molecule has 0 aliphatic heterocycles. The first-order valence-corrected chi connectivity index (χ1v) is 12.4. The molecule has 2 nitrogen and oxygen atoms in total. The van der Waals surface area contributed by atoms with Crippen LogP contribution in [0.15, 0.2) is 17.1 Å². The minimum absolute atomic E-state index is 0.00503. The summed E-state index contributed by atoms with van der Waals surface area (Å²) in [6.45, 7) is 11.8. The second kappa shape index (κ2) is 12.0. The molecule has 0 spiro atoms. The maximum atomic E-state index is 9.23. The van der Waals surface area contributed by atoms with E-state index in [2.05, 4.69) is 53.1 Å². The number of rotatable bonds is 4. The molecule has 0 bridgehead atoms. The lowest BCUT2D eigenvalue weighted by molar-refractivity contribution is 0.0401. The van der Waals surface area contributed by atoms with Crippen molar-refractivity contribution in [3.63, 3.8) is 0 Å². The number of halogens is 1. The van der Waals surface area contributed by atoms with Gasteiger partial charge in [0.1, 0.15) is 11.4 Å². The second-order valence-electron chi connectivity index (χ2n) is 7.25. The molecule has 0 aliphatic rings. The van der Waals surface area contributed by atoms with Crippen LogP contribution >= 0.6 is 26.0 Å². The minimum Gasteiger partial charge on any atom is -0.485 e. The number of benzene rings is 1. The highest BCUT2D eigenvalue weighted by molar-refractivity contribution is 9.11. The fourth-order valence-electron chi connectivity index (χ4n) is 1.62. The summed E-state index contributed by atoms with van der Waals surface area (Å²) in [7, 11) is -0.167. The third kappa shape index (κ3) is 12.9. The van der Waals surface area contributed by atoms with Gasteiger partial charge in [-0.15, -0.1) is 0 Å². The van der Waals surface area contributed by atoms with Crippen LogP contribution in [0, 0.1) is 13.8 Å². The van der Waals surface area contributed by atoms with E-state index in [0.717, 1.165) is 22.4 Å². The molecule has 0 atom stereocenters. The molecule has 0 aromatic heterocycles. The molecule has 0 heterocycles. The van der Waals surface area contributed by atoms with Gasteiger partial charge in [-0.2, -0.15) is 0 Å². The number of aliphatic hydroxyl groups is 1. The third-order valence-electron chi connectivity index (χ3n) is 2.50. The van der Waals surface area contributed by atoms with Gasteiger partial charge in [-0.25, -0.2) is 0 Å². The number of aryl methyl sites for hydroxylation is 2. The molecule has 0 fully saturated rings. The summed E-state index contributed by atoms with van der Waals surface area (Å²) in [6.07, 6.45) is 11.1. The van der Waals surface area contributed by atoms with Gasteiger partial charge in [0.25, 0.3) is 0 Å². The Morgan fingerprint density at radius 1 is 1.08 bits per heavy atom. The zero-order valence-electron chi connectivity index (χ0n) is 17.2. The van der Waals surface area contributed by atoms with Crippen molar-refractivity contribution in [2.75, 3.05) is 31.6 Å². The zero-order valence-corrected chi connectivity index (χ0v) is 19.6. The van der Waals surface area contributed by atoms with Gasteiger partial charge < -0.3 is 9.84 Å². The molecule has 0 saturated heterocycles. The summed E-state index contributed by atoms with van der Waals surface area (Å²) >= 11 is 3.27. The predicted octanol–water partition coefficient (Wildman–Crippen LogP) is 6.16. The van der Waals surface area contributed by atoms with Crippen molar-refractivity contribution in [2.24, 2.45) is 0 Å². The molecule has 0 radical (unpaired) electrons. The molecule has 0 aliphatic carbocycles. The molecule has 0 amide bonds. The normalized spacial score (nSPS) is 12.0. The van der Waals surface area contributed by atoms with Crippen LogP contribution in [0.1, 0.15) is 44.4 Å². The number of ether oxygens (including phenoxy) is 1. The highest BCUT2D eigenvalue weighted by Gasteiger charge is 2.20. The van der Waals surface area contributed by atoms with E-state index < -0.39 is 5.60 Å². The van der Waals surface area contributed by atoms with Crippen molar-refractivity contribution in [3.05, 3.63) is 33.8 Å². The van der Waals surface area contributed by atoms with Gasteiger partial charge in [-0.05, 0) is 92.6 Å². The molecular formula is C20H37BrO2S. The SMILES string of the molecule is CC.CS(C)(C)C.Cc1cc(/C=C/Br)cc(C)c1OC(C)(C)CO. The molecule has 0 unspecified atom stereocenters. The lowest BCUT2D eigenvalue weighted by Crippen LogP contribution is -2.33. The van der Waals surface area contributed by atoms with Crippen LogP contribution in [0.3, 0.4) is 0 Å². The fraction of sp³-hybridized carbons (Fsp3) is 0.600. The van der Waals surface area contributed by atoms with Crippen molar-refractivity contribution >= 4 is 32.0 Å². The van der Waals surface area contributed by atoms with E-state index in [1.54, 1.807) is 0 Å². The standard InChI is InChI=1S/C14H19BrO2.C4H12S.C2H6/c1-10-7-12(5-6-15)8-11(2)13(10)17-14(3,4)9-16;1-5(2,3)4;1-2/h5-8,16H,9H2,1-4H3;1-4H3;1-2H3/b6-5+;;. The van der Waals surface area contributed by atoms with E-state index in [0.29, 0.717) is 0 Å². The average molecular weight is 421 g/mol. The highest BCUT2D eigenvalue weighted by atomic mass is 79.9. The van der Waals surface area contributed by atoms with E-state index in [9.17, 15) is 5.11 Å². The Morgan fingerprint density at radius 3 is 1.75 bits per heavy atom. The Hall–Kier alpha value is -0.450. The first-order valence-electron chi connectivity index (χ1n) is 8.21. The summed E-state index contributed by atoms with van der Waals surface area (Å²) in [5.74, 6) is 0.857. The Bertz CT molecular complexity index is 474. The summed E-state index contributed by atoms with van der Waals surface area (Å²) in [6, 6.07) is 4.13. The number of hydrogen-bond donors (Lipinski definition) is 1. The van der Waals surface area contributed by atoms with E-state index in [4.69, 9.17) is 4.74 Å². The van der Waals surface area contributed by atoms with Gasteiger partial charge in [-0.3, -0.25) is 10.0 Å². The van der Waals surface area contributed by atoms with Gasteiger partial charge >= 0.3 is 0 Å². The van der Waals surface area contributed by atoms with E-state index >= 15 is 0 Å². The summed E-state index contributed by atoms with van der Waals surface area (Å²) in [5, 5.41) is 9.23. The van der Waals surface area contributed by atoms with E-state index in [1.165, 1.54) is 0 Å². The van der Waals surface area contributed by atoms with Crippen LogP contribution in [-0.2, 0) is 0 Å². The molecule has 1 aromatic rings. The van der Waals surface area contributed by atoms with Crippen LogP contribution in [0.4, 0.5) is 0 Å². The highest BCUT2D eigenvalue weighted by Crippen LogP contribution is 2.29. The Morgan fingerprint density at radius 2 is 1.46 bits per heavy atom. The molecule has 1 rings (SSSR count). The zero-order chi connectivity index (χ0) is 19.6. The lowest BCUT2D eigenvalue weighted by atomic mass is 10.0. The molecule has 142 valence electrons. The van der Waals surface area contributed by atoms with Crippen molar-refractivity contribution in [1.29, 1.82) is 0 Å². The molecule has 4 heteroatoms. The molecule has 1 N–H and O–H groups in total. The van der Waals surface area contributed by atoms with E-state index in [-0.39, 0.29) is 16.6 Å². The fourth-order valence-corrected chi connectivity index (χ4v) is 1.93. The van der Waals surface area contributed by atoms with Crippen LogP contribution in [0.5, 0.6) is 5.75 Å². The van der Waals surface area contributed by atoms with Gasteiger partial charge in [0, 0.05) is 0 Å². The van der Waals surface area contributed by atoms with Crippen LogP contribution in [0.25, 0.3) is 6.08 Å². The minimum atomic E-state index is -0.553. The molecular weight excluding hydrogens is 384 g/mol. The number of hydrogen-bond acceptors (Lipinski definition) is 2. The topological polar surface area (TPSA) is 29.5 Å². The van der Waals surface area contributed by atoms with Crippen LogP contribution < -0.4 is 4.74 Å². The van der Waals surface area contributed by atoms with Gasteiger partial charge in [-0.1, -0.05) is 29.8 Å². The first kappa shape index (κ1) is 25.8. The molecule has 24 heavy (non-hydrogen) atoms. The quantitative estimate of drug-likeness (QED) is 0.631. The van der Waals surface area contributed by atoms with E-state index in [1.807, 2.05) is 52.6 Å². The second-order valence-corrected chi connectivity index (χ2v) is 12.7. The van der Waals surface area contributed by atoms with Gasteiger partial charge in [0.15, 0.2) is 0 Å². The number of aliphatic hydroxyl groups excluding tert-OH is 1. The molecule has 0 saturated carbocycles. The maximum absolute atomic E-state index is 9.23. The van der Waals surface area contributed by atoms with Crippen molar-refractivity contribution in [2.45, 2.75) is 47.1 Å². The maximum Gasteiger partial charge on any atom is 0.126 e. The van der Waals surface area contributed by atoms with Crippen molar-refractivity contribution < 1.29 is 9.84 Å². The van der Waals surface area contributed by atoms with Crippen LogP contribution in [0.2, 0.25) is 0 Å².